The Labute approximate surface area is 400 Å². The highest BCUT2D eigenvalue weighted by molar-refractivity contribution is 6.11. The molecule has 12 aromatic rings. The van der Waals surface area contributed by atoms with E-state index in [9.17, 15) is 0 Å². The molecule has 0 saturated heterocycles. The van der Waals surface area contributed by atoms with E-state index < -0.39 is 0 Å². The number of nitrogens with zero attached hydrogens (tertiary/aromatic N) is 1. The summed E-state index contributed by atoms with van der Waals surface area (Å²) in [6.45, 7) is 0. The van der Waals surface area contributed by atoms with Gasteiger partial charge in [0.2, 0.25) is 0 Å². The monoisotopic (exact) mass is 881 g/mol. The molecule has 2 atom stereocenters. The molecule has 69 heavy (non-hydrogen) atoms. The van der Waals surface area contributed by atoms with Crippen molar-refractivity contribution in [2.45, 2.75) is 12.0 Å². The summed E-state index contributed by atoms with van der Waals surface area (Å²) in [5, 5.41) is 4.68. The lowest BCUT2D eigenvalue weighted by Crippen LogP contribution is -2.22. The fourth-order valence-electron chi connectivity index (χ4n) is 11.0. The molecule has 3 heterocycles. The molecule has 2 aliphatic rings. The van der Waals surface area contributed by atoms with Crippen LogP contribution in [0.5, 0.6) is 5.75 Å². The number of para-hydroxylation sites is 2. The third-order valence-electron chi connectivity index (χ3n) is 14.3. The van der Waals surface area contributed by atoms with Crippen molar-refractivity contribution in [2.75, 3.05) is 0 Å². The van der Waals surface area contributed by atoms with Crippen LogP contribution in [0.25, 0.3) is 105 Å². The van der Waals surface area contributed by atoms with Crippen molar-refractivity contribution in [3.05, 3.63) is 265 Å². The maximum Gasteiger partial charge on any atom is 0.135 e. The number of hydrogen-bond acceptors (Lipinski definition) is 2. The SMILES string of the molecule is C1=C(c2ccc3oc4ccc(-c5ccccc5)cc4c3c2)C=C(c2cc(-c3ccccc3)cc(-c3ccccc3)c2)C2Oc3ccc(-c4ccc5c(c4)c4ccccc4n5-c4ccccc4)cc3C12. The zero-order valence-electron chi connectivity index (χ0n) is 37.6. The summed E-state index contributed by atoms with van der Waals surface area (Å²) in [4.78, 5) is 0. The number of allylic oxidation sites excluding steroid dienone is 2. The molecule has 0 bridgehead atoms. The summed E-state index contributed by atoms with van der Waals surface area (Å²) in [7, 11) is 0. The molecule has 1 aliphatic carbocycles. The summed E-state index contributed by atoms with van der Waals surface area (Å²) < 4.78 is 16.0. The second kappa shape index (κ2) is 15.9. The number of fused-ring (bicyclic) bond motifs is 9. The van der Waals surface area contributed by atoms with Gasteiger partial charge in [-0.1, -0.05) is 158 Å². The van der Waals surface area contributed by atoms with Crippen LogP contribution in [0.15, 0.2) is 253 Å². The zero-order valence-corrected chi connectivity index (χ0v) is 37.6. The Morgan fingerprint density at radius 2 is 0.855 bits per heavy atom. The Balaban J connectivity index is 0.933. The Bertz CT molecular complexity index is 3970. The second-order valence-electron chi connectivity index (χ2n) is 18.4. The van der Waals surface area contributed by atoms with Gasteiger partial charge in [-0.2, -0.15) is 0 Å². The first kappa shape index (κ1) is 39.3. The van der Waals surface area contributed by atoms with E-state index in [-0.39, 0.29) is 12.0 Å². The van der Waals surface area contributed by atoms with Crippen molar-refractivity contribution in [3.8, 4) is 55.9 Å². The van der Waals surface area contributed by atoms with Crippen LogP contribution in [0.2, 0.25) is 0 Å². The van der Waals surface area contributed by atoms with E-state index in [4.69, 9.17) is 9.15 Å². The summed E-state index contributed by atoms with van der Waals surface area (Å²) >= 11 is 0. The normalized spacial score (nSPS) is 15.2. The number of aromatic nitrogens is 1. The van der Waals surface area contributed by atoms with Crippen molar-refractivity contribution < 1.29 is 9.15 Å². The molecule has 2 unspecified atom stereocenters. The number of hydrogen-bond donors (Lipinski definition) is 0. The van der Waals surface area contributed by atoms with Crippen LogP contribution in [0.3, 0.4) is 0 Å². The Hall–Kier alpha value is -8.92. The number of furan rings is 1. The highest BCUT2D eigenvalue weighted by Gasteiger charge is 2.39. The molecule has 14 rings (SSSR count). The third kappa shape index (κ3) is 6.65. The van der Waals surface area contributed by atoms with Crippen LogP contribution < -0.4 is 4.74 Å². The van der Waals surface area contributed by atoms with Crippen molar-refractivity contribution >= 4 is 54.9 Å². The quantitative estimate of drug-likeness (QED) is 0.159. The molecule has 3 nitrogen and oxygen atoms in total. The van der Waals surface area contributed by atoms with Gasteiger partial charge >= 0.3 is 0 Å². The molecule has 0 amide bonds. The van der Waals surface area contributed by atoms with Crippen LogP contribution in [-0.4, -0.2) is 10.7 Å². The predicted molar refractivity (Wildman–Crippen MR) is 286 cm³/mol. The highest BCUT2D eigenvalue weighted by atomic mass is 16.5. The Morgan fingerprint density at radius 1 is 0.348 bits per heavy atom. The summed E-state index contributed by atoms with van der Waals surface area (Å²) in [6.07, 6.45) is 4.59. The van der Waals surface area contributed by atoms with Gasteiger partial charge in [-0.15, -0.1) is 0 Å². The van der Waals surface area contributed by atoms with E-state index in [0.717, 1.165) is 55.6 Å². The minimum atomic E-state index is -0.230. The molecule has 324 valence electrons. The van der Waals surface area contributed by atoms with Crippen molar-refractivity contribution in [3.63, 3.8) is 0 Å². The van der Waals surface area contributed by atoms with Gasteiger partial charge in [-0.25, -0.2) is 0 Å². The average Bonchev–Trinajstić information content (AvgIpc) is 4.10. The number of rotatable bonds is 7. The number of ether oxygens (including phenoxy) is 1. The van der Waals surface area contributed by atoms with Crippen LogP contribution in [0.4, 0.5) is 0 Å². The number of benzene rings is 10. The molecule has 1 aliphatic heterocycles. The molecule has 3 heteroatoms. The minimum absolute atomic E-state index is 0.0410. The first-order valence-corrected chi connectivity index (χ1v) is 23.8. The van der Waals surface area contributed by atoms with Gasteiger partial charge in [0.1, 0.15) is 23.0 Å². The van der Waals surface area contributed by atoms with Gasteiger partial charge in [0, 0.05) is 44.3 Å². The van der Waals surface area contributed by atoms with Crippen molar-refractivity contribution in [1.29, 1.82) is 0 Å². The molecular weight excluding hydrogens is 839 g/mol. The van der Waals surface area contributed by atoms with E-state index in [1.165, 1.54) is 71.9 Å². The molecule has 0 fully saturated rings. The van der Waals surface area contributed by atoms with Crippen LogP contribution in [0.1, 0.15) is 22.6 Å². The lowest BCUT2D eigenvalue weighted by atomic mass is 9.79. The zero-order chi connectivity index (χ0) is 45.4. The van der Waals surface area contributed by atoms with Gasteiger partial charge in [0.05, 0.1) is 11.0 Å². The highest BCUT2D eigenvalue weighted by Crippen LogP contribution is 2.51. The average molecular weight is 882 g/mol. The lowest BCUT2D eigenvalue weighted by molar-refractivity contribution is 0.278. The molecule has 0 radical (unpaired) electrons. The van der Waals surface area contributed by atoms with E-state index in [0.29, 0.717) is 0 Å². The second-order valence-corrected chi connectivity index (χ2v) is 18.4. The molecule has 0 spiro atoms. The maximum absolute atomic E-state index is 7.16. The first-order valence-electron chi connectivity index (χ1n) is 23.8. The lowest BCUT2D eigenvalue weighted by Gasteiger charge is -2.27. The molecular formula is C66H43NO2. The molecule has 0 saturated carbocycles. The van der Waals surface area contributed by atoms with Gasteiger partial charge < -0.3 is 13.7 Å². The van der Waals surface area contributed by atoms with Crippen LogP contribution in [0, 0.1) is 0 Å². The van der Waals surface area contributed by atoms with Gasteiger partial charge in [0.15, 0.2) is 0 Å². The summed E-state index contributed by atoms with van der Waals surface area (Å²) in [6, 6.07) is 85.3. The van der Waals surface area contributed by atoms with Crippen molar-refractivity contribution in [1.82, 2.24) is 4.57 Å². The molecule has 10 aromatic carbocycles. The summed E-state index contributed by atoms with van der Waals surface area (Å²) in [5.74, 6) is 0.881. The van der Waals surface area contributed by atoms with Gasteiger partial charge in [-0.3, -0.25) is 0 Å². The van der Waals surface area contributed by atoms with Gasteiger partial charge in [0.25, 0.3) is 0 Å². The topological polar surface area (TPSA) is 27.3 Å². The Kier molecular flexibility index (Phi) is 9.03. The smallest absolute Gasteiger partial charge is 0.135 e. The van der Waals surface area contributed by atoms with Crippen LogP contribution >= 0.6 is 0 Å². The van der Waals surface area contributed by atoms with Crippen LogP contribution in [-0.2, 0) is 0 Å². The summed E-state index contributed by atoms with van der Waals surface area (Å²) in [5.41, 5.74) is 20.5. The van der Waals surface area contributed by atoms with E-state index in [1.54, 1.807) is 0 Å². The van der Waals surface area contributed by atoms with E-state index in [2.05, 4.69) is 253 Å². The first-order chi connectivity index (χ1) is 34.2. The van der Waals surface area contributed by atoms with E-state index >= 15 is 0 Å². The largest absolute Gasteiger partial charge is 0.484 e. The fourth-order valence-corrected chi connectivity index (χ4v) is 11.0. The predicted octanol–water partition coefficient (Wildman–Crippen LogP) is 17.4. The van der Waals surface area contributed by atoms with Gasteiger partial charge in [-0.05, 0) is 152 Å². The van der Waals surface area contributed by atoms with Crippen molar-refractivity contribution in [2.24, 2.45) is 0 Å². The third-order valence-corrected chi connectivity index (χ3v) is 14.3. The Morgan fingerprint density at radius 3 is 1.55 bits per heavy atom. The standard InChI is InChI=1S/C66H43NO2/c1-5-15-42(16-6-1)45-26-30-63-57(37-45)58-39-48(28-31-64(58)68-63)51-40-55(52-34-49(43-17-7-2-8-18-43)33-50(35-52)44-19-9-3-10-20-44)66-60(41-51)59-38-47(27-32-65(59)69-66)46-25-29-62-56(36-46)54-23-13-14-24-61(54)67(62)53-21-11-4-12-22-53/h1-41,60,66H. The fraction of sp³-hybridized carbons (Fsp3) is 0.0303. The molecule has 2 aromatic heterocycles. The maximum atomic E-state index is 7.16. The van der Waals surface area contributed by atoms with E-state index in [1.807, 2.05) is 0 Å². The molecule has 0 N–H and O–H groups in total. The minimum Gasteiger partial charge on any atom is -0.484 e.